The van der Waals surface area contributed by atoms with Crippen LogP contribution in [0.15, 0.2) is 6.20 Å². The molecular weight excluding hydrogens is 190 g/mol. The second kappa shape index (κ2) is 5.25. The molecule has 0 aliphatic rings. The molecule has 1 aromatic rings. The third kappa shape index (κ3) is 3.17. The minimum absolute atomic E-state index is 0.497. The maximum Gasteiger partial charge on any atom is 0.142 e. The second-order valence-electron chi connectivity index (χ2n) is 3.92. The fourth-order valence-electron chi connectivity index (χ4n) is 1.48. The third-order valence-corrected chi connectivity index (χ3v) is 2.07. The number of aromatic amines is 1. The van der Waals surface area contributed by atoms with Crippen molar-refractivity contribution in [2.75, 3.05) is 23.7 Å². The SMILES string of the molecule is CC(C)CN(CCC#N)c1cn[nH]c1N. The maximum atomic E-state index is 8.58. The Morgan fingerprint density at radius 3 is 2.87 bits per heavy atom. The number of aromatic nitrogens is 2. The van der Waals surface area contributed by atoms with Gasteiger partial charge in [-0.05, 0) is 5.92 Å². The van der Waals surface area contributed by atoms with Crippen molar-refractivity contribution >= 4 is 11.5 Å². The number of nitrogens with one attached hydrogen (secondary N) is 1. The molecule has 0 radical (unpaired) electrons. The molecule has 0 amide bonds. The average Bonchev–Trinajstić information content (AvgIpc) is 2.58. The van der Waals surface area contributed by atoms with Crippen LogP contribution in [0.2, 0.25) is 0 Å². The zero-order valence-corrected chi connectivity index (χ0v) is 9.20. The summed E-state index contributed by atoms with van der Waals surface area (Å²) < 4.78 is 0. The summed E-state index contributed by atoms with van der Waals surface area (Å²) in [5, 5.41) is 15.2. The lowest BCUT2D eigenvalue weighted by Crippen LogP contribution is -2.28. The van der Waals surface area contributed by atoms with Gasteiger partial charge < -0.3 is 10.6 Å². The van der Waals surface area contributed by atoms with Gasteiger partial charge in [0.2, 0.25) is 0 Å². The van der Waals surface area contributed by atoms with E-state index < -0.39 is 0 Å². The van der Waals surface area contributed by atoms with Gasteiger partial charge in [-0.1, -0.05) is 13.8 Å². The van der Waals surface area contributed by atoms with Crippen LogP contribution in [0, 0.1) is 17.2 Å². The first-order valence-electron chi connectivity index (χ1n) is 5.06. The third-order valence-electron chi connectivity index (χ3n) is 2.07. The molecule has 0 unspecified atom stereocenters. The second-order valence-corrected chi connectivity index (χ2v) is 3.92. The van der Waals surface area contributed by atoms with E-state index in [-0.39, 0.29) is 0 Å². The molecule has 0 aliphatic heterocycles. The lowest BCUT2D eigenvalue weighted by Gasteiger charge is -2.24. The number of nitrogens with two attached hydrogens (primary N) is 1. The quantitative estimate of drug-likeness (QED) is 0.764. The van der Waals surface area contributed by atoms with Gasteiger partial charge in [0.1, 0.15) is 5.82 Å². The van der Waals surface area contributed by atoms with Crippen molar-refractivity contribution in [3.8, 4) is 6.07 Å². The van der Waals surface area contributed by atoms with Crippen molar-refractivity contribution in [3.05, 3.63) is 6.20 Å². The van der Waals surface area contributed by atoms with Gasteiger partial charge in [0.25, 0.3) is 0 Å². The van der Waals surface area contributed by atoms with Gasteiger partial charge >= 0.3 is 0 Å². The highest BCUT2D eigenvalue weighted by atomic mass is 15.2. The molecule has 5 nitrogen and oxygen atoms in total. The normalized spacial score (nSPS) is 10.3. The summed E-state index contributed by atoms with van der Waals surface area (Å²) in [6, 6.07) is 2.14. The van der Waals surface area contributed by atoms with E-state index in [1.165, 1.54) is 0 Å². The minimum atomic E-state index is 0.497. The summed E-state index contributed by atoms with van der Waals surface area (Å²) in [5.74, 6) is 1.09. The number of nitrogens with zero attached hydrogens (tertiary/aromatic N) is 3. The van der Waals surface area contributed by atoms with Crippen molar-refractivity contribution in [3.63, 3.8) is 0 Å². The summed E-state index contributed by atoms with van der Waals surface area (Å²) in [6.07, 6.45) is 2.20. The van der Waals surface area contributed by atoms with Crippen LogP contribution >= 0.6 is 0 Å². The molecule has 1 heterocycles. The van der Waals surface area contributed by atoms with E-state index >= 15 is 0 Å². The molecule has 0 aliphatic carbocycles. The molecule has 0 atom stereocenters. The lowest BCUT2D eigenvalue weighted by molar-refractivity contribution is 0.613. The molecule has 5 heteroatoms. The van der Waals surface area contributed by atoms with E-state index in [0.717, 1.165) is 12.2 Å². The zero-order chi connectivity index (χ0) is 11.3. The zero-order valence-electron chi connectivity index (χ0n) is 9.20. The highest BCUT2D eigenvalue weighted by Crippen LogP contribution is 2.20. The smallest absolute Gasteiger partial charge is 0.142 e. The molecule has 0 fully saturated rings. The van der Waals surface area contributed by atoms with Crippen molar-refractivity contribution < 1.29 is 0 Å². The molecule has 0 aromatic carbocycles. The maximum absolute atomic E-state index is 8.58. The topological polar surface area (TPSA) is 81.7 Å². The Bertz CT molecular complexity index is 336. The van der Waals surface area contributed by atoms with Crippen molar-refractivity contribution in [1.82, 2.24) is 10.2 Å². The fourth-order valence-corrected chi connectivity index (χ4v) is 1.48. The lowest BCUT2D eigenvalue weighted by atomic mass is 10.2. The van der Waals surface area contributed by atoms with Crippen molar-refractivity contribution in [2.45, 2.75) is 20.3 Å². The number of anilines is 2. The van der Waals surface area contributed by atoms with Crippen molar-refractivity contribution in [1.29, 1.82) is 5.26 Å². The van der Waals surface area contributed by atoms with E-state index in [0.29, 0.717) is 24.7 Å². The van der Waals surface area contributed by atoms with Gasteiger partial charge in [-0.25, -0.2) is 0 Å². The Morgan fingerprint density at radius 2 is 2.40 bits per heavy atom. The van der Waals surface area contributed by atoms with Crippen molar-refractivity contribution in [2.24, 2.45) is 5.92 Å². The van der Waals surface area contributed by atoms with E-state index in [9.17, 15) is 0 Å². The first kappa shape index (κ1) is 11.4. The van der Waals surface area contributed by atoms with E-state index in [1.807, 2.05) is 0 Å². The van der Waals surface area contributed by atoms with Crippen LogP contribution in [0.4, 0.5) is 11.5 Å². The van der Waals surface area contributed by atoms with E-state index in [2.05, 4.69) is 35.0 Å². The number of rotatable bonds is 5. The van der Waals surface area contributed by atoms with Gasteiger partial charge in [0, 0.05) is 13.1 Å². The molecule has 3 N–H and O–H groups in total. The molecule has 1 rings (SSSR count). The van der Waals surface area contributed by atoms with Crippen LogP contribution in [0.1, 0.15) is 20.3 Å². The Hall–Kier alpha value is -1.70. The summed E-state index contributed by atoms with van der Waals surface area (Å²) in [4.78, 5) is 2.09. The molecular formula is C10H17N5. The number of hydrogen-bond donors (Lipinski definition) is 2. The number of nitrogen functional groups attached to an aromatic ring is 1. The highest BCUT2D eigenvalue weighted by Gasteiger charge is 2.12. The van der Waals surface area contributed by atoms with Gasteiger partial charge in [0.15, 0.2) is 0 Å². The van der Waals surface area contributed by atoms with Crippen LogP contribution in [0.25, 0.3) is 0 Å². The van der Waals surface area contributed by atoms with Gasteiger partial charge in [-0.3, -0.25) is 5.10 Å². The average molecular weight is 207 g/mol. The predicted octanol–water partition coefficient (Wildman–Crippen LogP) is 1.37. The Labute approximate surface area is 89.9 Å². The molecule has 0 saturated carbocycles. The summed E-state index contributed by atoms with van der Waals surface area (Å²) in [5.41, 5.74) is 6.63. The Kier molecular flexibility index (Phi) is 3.98. The fraction of sp³-hybridized carbons (Fsp3) is 0.600. The summed E-state index contributed by atoms with van der Waals surface area (Å²) >= 11 is 0. The van der Waals surface area contributed by atoms with Crippen LogP contribution in [-0.4, -0.2) is 23.3 Å². The number of nitriles is 1. The van der Waals surface area contributed by atoms with E-state index in [1.54, 1.807) is 6.20 Å². The minimum Gasteiger partial charge on any atom is -0.382 e. The van der Waals surface area contributed by atoms with Crippen LogP contribution < -0.4 is 10.6 Å². The molecule has 0 bridgehead atoms. The Morgan fingerprint density at radius 1 is 1.67 bits per heavy atom. The van der Waals surface area contributed by atoms with Crippen LogP contribution in [-0.2, 0) is 0 Å². The Balaban J connectivity index is 2.72. The van der Waals surface area contributed by atoms with Gasteiger partial charge in [0.05, 0.1) is 24.4 Å². The first-order chi connectivity index (χ1) is 7.15. The molecule has 1 aromatic heterocycles. The number of hydrogen-bond acceptors (Lipinski definition) is 4. The summed E-state index contributed by atoms with van der Waals surface area (Å²) in [7, 11) is 0. The number of H-pyrrole nitrogens is 1. The summed E-state index contributed by atoms with van der Waals surface area (Å²) in [6.45, 7) is 5.84. The molecule has 82 valence electrons. The standard InChI is InChI=1S/C10H17N5/c1-8(2)7-15(5-3-4-11)9-6-13-14-10(9)12/h6,8H,3,5,7H2,1-2H3,(H3,12,13,14). The first-order valence-corrected chi connectivity index (χ1v) is 5.06. The largest absolute Gasteiger partial charge is 0.382 e. The predicted molar refractivity (Wildman–Crippen MR) is 60.3 cm³/mol. The van der Waals surface area contributed by atoms with Crippen LogP contribution in [0.5, 0.6) is 0 Å². The van der Waals surface area contributed by atoms with E-state index in [4.69, 9.17) is 11.0 Å². The molecule has 15 heavy (non-hydrogen) atoms. The monoisotopic (exact) mass is 207 g/mol. The van der Waals surface area contributed by atoms with Gasteiger partial charge in [-0.15, -0.1) is 0 Å². The highest BCUT2D eigenvalue weighted by molar-refractivity contribution is 5.62. The molecule has 0 saturated heterocycles. The van der Waals surface area contributed by atoms with Crippen LogP contribution in [0.3, 0.4) is 0 Å². The van der Waals surface area contributed by atoms with Gasteiger partial charge in [-0.2, -0.15) is 10.4 Å². The molecule has 0 spiro atoms.